The third kappa shape index (κ3) is 6.21. The van der Waals surface area contributed by atoms with Crippen molar-refractivity contribution in [1.29, 1.82) is 0 Å². The van der Waals surface area contributed by atoms with Gasteiger partial charge in [-0.05, 0) is 57.0 Å². The van der Waals surface area contributed by atoms with E-state index in [1.807, 2.05) is 53.7 Å². The Hall–Kier alpha value is -2.88. The standard InChI is InChI=1S/C31H45N3O5Si/c1-29(2,3)37-27(35)33-21-25(26-24(33)20-34(32-26)28(36)38-30(4,5)6)39-40(31(7,8)9,22-16-12-10-13-17-22)23-18-14-11-15-19-23/h10-19,24-26,32H,20-21H2,1-9H3/t24-,25+,26+/m0/s1. The molecule has 218 valence electrons. The smallest absolute Gasteiger partial charge is 0.424 e. The molecule has 0 aromatic heterocycles. The van der Waals surface area contributed by atoms with E-state index in [9.17, 15) is 9.59 Å². The maximum atomic E-state index is 13.5. The van der Waals surface area contributed by atoms with Crippen molar-refractivity contribution < 1.29 is 23.5 Å². The van der Waals surface area contributed by atoms with Crippen molar-refractivity contribution in [3.8, 4) is 0 Å². The Kier molecular flexibility index (Phi) is 8.15. The molecule has 0 aliphatic carbocycles. The van der Waals surface area contributed by atoms with Gasteiger partial charge >= 0.3 is 12.2 Å². The molecule has 2 aliphatic rings. The van der Waals surface area contributed by atoms with Gasteiger partial charge < -0.3 is 13.9 Å². The number of nitrogens with one attached hydrogen (secondary N) is 1. The maximum absolute atomic E-state index is 13.5. The fraction of sp³-hybridized carbons (Fsp3) is 0.548. The highest BCUT2D eigenvalue weighted by atomic mass is 28.4. The molecule has 2 aliphatic heterocycles. The van der Waals surface area contributed by atoms with E-state index in [0.717, 1.165) is 10.4 Å². The van der Waals surface area contributed by atoms with Gasteiger partial charge in [0.05, 0.1) is 31.3 Å². The number of benzene rings is 2. The van der Waals surface area contributed by atoms with E-state index in [-0.39, 0.29) is 23.7 Å². The zero-order chi connectivity index (χ0) is 29.5. The van der Waals surface area contributed by atoms with E-state index in [1.54, 1.807) is 4.90 Å². The molecule has 0 bridgehead atoms. The normalized spacial score (nSPS) is 21.8. The maximum Gasteiger partial charge on any atom is 0.424 e. The van der Waals surface area contributed by atoms with Crippen molar-refractivity contribution in [2.45, 2.75) is 96.7 Å². The molecule has 40 heavy (non-hydrogen) atoms. The van der Waals surface area contributed by atoms with Crippen LogP contribution in [0.25, 0.3) is 0 Å². The van der Waals surface area contributed by atoms with Crippen molar-refractivity contribution in [3.63, 3.8) is 0 Å². The minimum Gasteiger partial charge on any atom is -0.444 e. The molecule has 1 N–H and O–H groups in total. The van der Waals surface area contributed by atoms with E-state index in [1.165, 1.54) is 5.01 Å². The second-order valence-electron chi connectivity index (χ2n) is 13.8. The predicted octanol–water partition coefficient (Wildman–Crippen LogP) is 4.67. The van der Waals surface area contributed by atoms with Crippen LogP contribution >= 0.6 is 0 Å². The van der Waals surface area contributed by atoms with Crippen LogP contribution in [0.5, 0.6) is 0 Å². The Morgan fingerprint density at radius 1 is 0.750 bits per heavy atom. The van der Waals surface area contributed by atoms with Crippen LogP contribution in [0.1, 0.15) is 62.3 Å². The van der Waals surface area contributed by atoms with Crippen LogP contribution in [-0.2, 0) is 13.9 Å². The number of hydrogen-bond acceptors (Lipinski definition) is 6. The van der Waals surface area contributed by atoms with Crippen molar-refractivity contribution in [3.05, 3.63) is 60.7 Å². The van der Waals surface area contributed by atoms with E-state index in [0.29, 0.717) is 6.54 Å². The van der Waals surface area contributed by atoms with Gasteiger partial charge in [0.1, 0.15) is 11.2 Å². The Morgan fingerprint density at radius 3 is 1.68 bits per heavy atom. The first-order valence-corrected chi connectivity index (χ1v) is 16.0. The zero-order valence-corrected chi connectivity index (χ0v) is 26.4. The Bertz CT molecular complexity index is 1150. The highest BCUT2D eigenvalue weighted by Gasteiger charge is 2.58. The highest BCUT2D eigenvalue weighted by Crippen LogP contribution is 2.40. The summed E-state index contributed by atoms with van der Waals surface area (Å²) in [5, 5.41) is 3.54. The number of hydrogen-bond donors (Lipinski definition) is 1. The van der Waals surface area contributed by atoms with Gasteiger partial charge in [0, 0.05) is 0 Å². The van der Waals surface area contributed by atoms with Gasteiger partial charge in [0.15, 0.2) is 0 Å². The average molecular weight is 568 g/mol. The summed E-state index contributed by atoms with van der Waals surface area (Å²) in [6.07, 6.45) is -1.28. The Morgan fingerprint density at radius 2 is 1.23 bits per heavy atom. The zero-order valence-electron chi connectivity index (χ0n) is 25.4. The van der Waals surface area contributed by atoms with Crippen LogP contribution in [0, 0.1) is 0 Å². The third-order valence-corrected chi connectivity index (χ3v) is 12.3. The number of carbonyl (C=O) groups is 2. The molecule has 4 rings (SSSR count). The number of fused-ring (bicyclic) bond motifs is 1. The van der Waals surface area contributed by atoms with E-state index in [2.05, 4.69) is 74.7 Å². The van der Waals surface area contributed by atoms with Crippen molar-refractivity contribution >= 4 is 30.9 Å². The second-order valence-corrected chi connectivity index (χ2v) is 18.0. The van der Waals surface area contributed by atoms with Gasteiger partial charge in [-0.1, -0.05) is 81.4 Å². The quantitative estimate of drug-likeness (QED) is 0.541. The van der Waals surface area contributed by atoms with Crippen molar-refractivity contribution in [1.82, 2.24) is 15.3 Å². The highest BCUT2D eigenvalue weighted by molar-refractivity contribution is 6.99. The number of hydrazine groups is 1. The number of amides is 2. The number of rotatable bonds is 4. The lowest BCUT2D eigenvalue weighted by atomic mass is 10.1. The second kappa shape index (κ2) is 10.8. The van der Waals surface area contributed by atoms with Crippen molar-refractivity contribution in [2.24, 2.45) is 0 Å². The molecule has 0 spiro atoms. The third-order valence-electron chi connectivity index (χ3n) is 7.25. The summed E-state index contributed by atoms with van der Waals surface area (Å²) in [4.78, 5) is 28.2. The fourth-order valence-electron chi connectivity index (χ4n) is 5.69. The van der Waals surface area contributed by atoms with Crippen LogP contribution in [0.2, 0.25) is 5.04 Å². The summed E-state index contributed by atoms with van der Waals surface area (Å²) < 4.78 is 18.9. The lowest BCUT2D eigenvalue weighted by molar-refractivity contribution is 0.00831. The van der Waals surface area contributed by atoms with Gasteiger partial charge in [0.25, 0.3) is 8.32 Å². The Labute approximate surface area is 240 Å². The van der Waals surface area contributed by atoms with Crippen LogP contribution in [0.3, 0.4) is 0 Å². The van der Waals surface area contributed by atoms with Crippen LogP contribution in [0.4, 0.5) is 9.59 Å². The molecular weight excluding hydrogens is 522 g/mol. The Balaban J connectivity index is 1.76. The summed E-state index contributed by atoms with van der Waals surface area (Å²) in [6.45, 7) is 18.4. The molecule has 3 atom stereocenters. The molecule has 2 aromatic rings. The minimum absolute atomic E-state index is 0.242. The summed E-state index contributed by atoms with van der Waals surface area (Å²) >= 11 is 0. The SMILES string of the molecule is CC(C)(C)OC(=O)N1C[C@H]2[C@@H](N1)[C@H](O[Si](c1ccccc1)(c1ccccc1)C(C)(C)C)CN2C(=O)OC(C)(C)C. The lowest BCUT2D eigenvalue weighted by Crippen LogP contribution is -2.69. The molecule has 9 heteroatoms. The predicted molar refractivity (Wildman–Crippen MR) is 159 cm³/mol. The number of ether oxygens (including phenoxy) is 2. The summed E-state index contributed by atoms with van der Waals surface area (Å²) in [7, 11) is -2.93. The molecule has 2 aromatic carbocycles. The average Bonchev–Trinajstić information content (AvgIpc) is 3.41. The molecule has 0 radical (unpaired) electrons. The number of nitrogens with zero attached hydrogens (tertiary/aromatic N) is 2. The molecular formula is C31H45N3O5Si. The molecule has 2 amide bonds. The molecule has 2 saturated heterocycles. The number of carbonyl (C=O) groups excluding carboxylic acids is 2. The molecule has 0 saturated carbocycles. The first kappa shape index (κ1) is 30.1. The van der Waals surface area contributed by atoms with Crippen molar-refractivity contribution in [2.75, 3.05) is 13.1 Å². The molecule has 0 unspecified atom stereocenters. The van der Waals surface area contributed by atoms with Gasteiger partial charge in [-0.3, -0.25) is 4.90 Å². The number of likely N-dealkylation sites (tertiary alicyclic amines) is 1. The molecule has 2 fully saturated rings. The first-order valence-electron chi connectivity index (χ1n) is 14.1. The van der Waals surface area contributed by atoms with Crippen LogP contribution < -0.4 is 15.8 Å². The van der Waals surface area contributed by atoms with Gasteiger partial charge in [-0.25, -0.2) is 20.0 Å². The monoisotopic (exact) mass is 567 g/mol. The van der Waals surface area contributed by atoms with Gasteiger partial charge in [0.2, 0.25) is 0 Å². The summed E-state index contributed by atoms with van der Waals surface area (Å²) in [5.41, 5.74) is 2.06. The molecule has 8 nitrogen and oxygen atoms in total. The van der Waals surface area contributed by atoms with Crippen LogP contribution in [0.15, 0.2) is 60.7 Å². The van der Waals surface area contributed by atoms with Gasteiger partial charge in [-0.15, -0.1) is 0 Å². The van der Waals surface area contributed by atoms with E-state index in [4.69, 9.17) is 13.9 Å². The first-order chi connectivity index (χ1) is 18.5. The van der Waals surface area contributed by atoms with E-state index < -0.39 is 37.8 Å². The van der Waals surface area contributed by atoms with Crippen LogP contribution in [-0.4, -0.2) is 72.9 Å². The minimum atomic E-state index is -2.93. The summed E-state index contributed by atoms with van der Waals surface area (Å²) in [6, 6.07) is 20.2. The molecule has 2 heterocycles. The summed E-state index contributed by atoms with van der Waals surface area (Å²) in [5.74, 6) is 0. The topological polar surface area (TPSA) is 80.3 Å². The fourth-order valence-corrected chi connectivity index (χ4v) is 10.4. The van der Waals surface area contributed by atoms with Gasteiger partial charge in [-0.2, -0.15) is 0 Å². The lowest BCUT2D eigenvalue weighted by Gasteiger charge is -2.45. The van der Waals surface area contributed by atoms with E-state index >= 15 is 0 Å². The largest absolute Gasteiger partial charge is 0.444 e.